The van der Waals surface area contributed by atoms with Crippen molar-refractivity contribution in [1.29, 1.82) is 0 Å². The van der Waals surface area contributed by atoms with Crippen LogP contribution in [0, 0.1) is 0 Å². The Kier molecular flexibility index (Phi) is 2.41. The van der Waals surface area contributed by atoms with Gasteiger partial charge >= 0.3 is 60.1 Å². The van der Waals surface area contributed by atoms with E-state index in [1.54, 1.807) is 0 Å². The molecule has 0 N–H and O–H groups in total. The molecule has 0 rings (SSSR count). The van der Waals surface area contributed by atoms with Gasteiger partial charge in [-0.05, 0) is 0 Å². The summed E-state index contributed by atoms with van der Waals surface area (Å²) >= 11 is 0. The molecule has 2 nitrogen and oxygen atoms in total. The predicted molar refractivity (Wildman–Crippen MR) is 42.4 cm³/mol. The minimum atomic E-state index is -4.65. The summed E-state index contributed by atoms with van der Waals surface area (Å²) < 4.78 is 28.7. The predicted octanol–water partition coefficient (Wildman–Crippen LogP) is 1.89. The molecule has 0 fully saturated rings. The first kappa shape index (κ1) is 10.2. The summed E-state index contributed by atoms with van der Waals surface area (Å²) in [5, 5.41) is 0. The van der Waals surface area contributed by atoms with Crippen molar-refractivity contribution in [2.24, 2.45) is 0 Å². The Bertz CT molecular complexity index is 115. The third-order valence-corrected chi connectivity index (χ3v) is 5.29. The molecule has 0 heterocycles. The van der Waals surface area contributed by atoms with Crippen LogP contribution in [-0.2, 0) is 0 Å². The number of hydrogen-bond donors (Lipinski definition) is 0. The molecule has 0 aliphatic rings. The summed E-state index contributed by atoms with van der Waals surface area (Å²) in [4.78, 5) is 0. The first-order valence-corrected chi connectivity index (χ1v) is 5.34. The van der Waals surface area contributed by atoms with Gasteiger partial charge in [0.05, 0.1) is 0 Å². The van der Waals surface area contributed by atoms with Crippen molar-refractivity contribution in [2.45, 2.75) is 0 Å². The monoisotopic (exact) mass is 172 g/mol. The van der Waals surface area contributed by atoms with E-state index >= 15 is 0 Å². The van der Waals surface area contributed by atoms with E-state index in [-0.39, 0.29) is 0 Å². The summed E-state index contributed by atoms with van der Waals surface area (Å²) in [5.74, 6) is 0. The molecule has 0 aliphatic carbocycles. The molecule has 0 radical (unpaired) electrons. The van der Waals surface area contributed by atoms with E-state index in [0.29, 0.717) is 0 Å². The molecule has 0 unspecified atom stereocenters. The second-order valence-corrected chi connectivity index (χ2v) is 6.88. The summed E-state index contributed by atoms with van der Waals surface area (Å²) in [6.07, 6.45) is 0. The number of nitrogens with zero attached hydrogens (tertiary/aromatic N) is 2. The molecule has 0 atom stereocenters. The Morgan fingerprint density at radius 2 is 1.10 bits per heavy atom. The standard InChI is InChI=1S/C5H15F2N2P/c1-8(2)10(5,6,7)9(3)4/h1-5H3. The first-order chi connectivity index (χ1) is 4.17. The Balaban J connectivity index is 4.59. The van der Waals surface area contributed by atoms with Crippen LogP contribution in [0.25, 0.3) is 0 Å². The number of rotatable bonds is 2. The second-order valence-electron chi connectivity index (χ2n) is 2.89. The molecule has 0 aromatic rings. The van der Waals surface area contributed by atoms with Gasteiger partial charge in [0.25, 0.3) is 0 Å². The summed E-state index contributed by atoms with van der Waals surface area (Å²) in [5.41, 5.74) is 0. The Morgan fingerprint density at radius 3 is 1.10 bits per heavy atom. The topological polar surface area (TPSA) is 6.48 Å². The maximum atomic E-state index is 13.3. The van der Waals surface area contributed by atoms with Gasteiger partial charge in [-0.15, -0.1) is 0 Å². The van der Waals surface area contributed by atoms with E-state index in [1.807, 2.05) is 0 Å². The molecule has 0 amide bonds. The van der Waals surface area contributed by atoms with Crippen molar-refractivity contribution >= 4 is 7.53 Å². The van der Waals surface area contributed by atoms with Gasteiger partial charge in [0.15, 0.2) is 0 Å². The normalized spacial score (nSPS) is 17.5. The van der Waals surface area contributed by atoms with Crippen LogP contribution >= 0.6 is 7.53 Å². The van der Waals surface area contributed by atoms with Crippen molar-refractivity contribution in [1.82, 2.24) is 9.34 Å². The zero-order valence-electron chi connectivity index (χ0n) is 7.10. The van der Waals surface area contributed by atoms with E-state index < -0.39 is 7.53 Å². The van der Waals surface area contributed by atoms with Crippen LogP contribution < -0.4 is 0 Å². The van der Waals surface area contributed by atoms with E-state index in [4.69, 9.17) is 0 Å². The quantitative estimate of drug-likeness (QED) is 0.587. The van der Waals surface area contributed by atoms with Crippen molar-refractivity contribution in [3.63, 3.8) is 0 Å². The number of halogens is 2. The molecule has 0 spiro atoms. The van der Waals surface area contributed by atoms with Crippen molar-refractivity contribution < 1.29 is 8.39 Å². The second kappa shape index (κ2) is 2.36. The fourth-order valence-corrected chi connectivity index (χ4v) is 1.07. The van der Waals surface area contributed by atoms with Gasteiger partial charge in [0.1, 0.15) is 0 Å². The molecule has 5 heteroatoms. The van der Waals surface area contributed by atoms with Gasteiger partial charge < -0.3 is 0 Å². The Hall–Kier alpha value is 0.210. The minimum absolute atomic E-state index is 1.01. The van der Waals surface area contributed by atoms with Crippen molar-refractivity contribution in [3.8, 4) is 0 Å². The molecular weight excluding hydrogens is 157 g/mol. The fourth-order valence-electron chi connectivity index (χ4n) is 0.358. The van der Waals surface area contributed by atoms with Gasteiger partial charge in [0, 0.05) is 0 Å². The molecule has 0 aromatic carbocycles. The molecule has 64 valence electrons. The van der Waals surface area contributed by atoms with Crippen LogP contribution in [0.15, 0.2) is 0 Å². The summed E-state index contributed by atoms with van der Waals surface area (Å²) in [7, 11) is 0.950. The molecule has 0 aromatic heterocycles. The zero-order valence-corrected chi connectivity index (χ0v) is 7.99. The first-order valence-electron chi connectivity index (χ1n) is 2.97. The van der Waals surface area contributed by atoms with E-state index in [2.05, 4.69) is 0 Å². The van der Waals surface area contributed by atoms with E-state index in [1.165, 1.54) is 28.2 Å². The third kappa shape index (κ3) is 1.62. The van der Waals surface area contributed by atoms with E-state index in [0.717, 1.165) is 16.0 Å². The molecule has 0 aliphatic heterocycles. The zero-order chi connectivity index (χ0) is 8.60. The molecule has 0 saturated heterocycles. The van der Waals surface area contributed by atoms with Crippen molar-refractivity contribution in [2.75, 3.05) is 34.9 Å². The molecule has 10 heavy (non-hydrogen) atoms. The van der Waals surface area contributed by atoms with Gasteiger partial charge in [-0.1, -0.05) is 0 Å². The third-order valence-electron chi connectivity index (χ3n) is 1.76. The number of hydrogen-bond acceptors (Lipinski definition) is 2. The van der Waals surface area contributed by atoms with Gasteiger partial charge in [0.2, 0.25) is 0 Å². The van der Waals surface area contributed by atoms with Gasteiger partial charge in [-0.25, -0.2) is 0 Å². The molecule has 0 bridgehead atoms. The Labute approximate surface area is 61.1 Å². The van der Waals surface area contributed by atoms with Crippen LogP contribution in [0.3, 0.4) is 0 Å². The van der Waals surface area contributed by atoms with Crippen LogP contribution in [0.4, 0.5) is 8.39 Å². The summed E-state index contributed by atoms with van der Waals surface area (Å²) in [6.45, 7) is 1.01. The van der Waals surface area contributed by atoms with Crippen molar-refractivity contribution in [3.05, 3.63) is 0 Å². The molecule has 0 saturated carbocycles. The average molecular weight is 172 g/mol. The van der Waals surface area contributed by atoms with Gasteiger partial charge in [-0.3, -0.25) is 0 Å². The SMILES string of the molecule is CN(C)P(C)(F)(F)N(C)C. The van der Waals surface area contributed by atoms with Crippen LogP contribution in [0.5, 0.6) is 0 Å². The van der Waals surface area contributed by atoms with Gasteiger partial charge in [-0.2, -0.15) is 0 Å². The maximum absolute atomic E-state index is 13.3. The van der Waals surface area contributed by atoms with Crippen LogP contribution in [-0.4, -0.2) is 44.2 Å². The fraction of sp³-hybridized carbons (Fsp3) is 1.00. The average Bonchev–Trinajstić information content (AvgIpc) is 1.63. The molecular formula is C5H15F2N2P. The summed E-state index contributed by atoms with van der Waals surface area (Å²) in [6, 6.07) is 0. The van der Waals surface area contributed by atoms with Crippen LogP contribution in [0.2, 0.25) is 0 Å². The van der Waals surface area contributed by atoms with Crippen LogP contribution in [0.1, 0.15) is 0 Å². The van der Waals surface area contributed by atoms with E-state index in [9.17, 15) is 8.39 Å². The Morgan fingerprint density at radius 1 is 0.900 bits per heavy atom.